The molecule has 1 aromatic rings. The number of nitrogens with one attached hydrogen (secondary N) is 2. The van der Waals surface area contributed by atoms with Crippen LogP contribution in [0.5, 0.6) is 0 Å². The summed E-state index contributed by atoms with van der Waals surface area (Å²) in [6.07, 6.45) is 1.97. The highest BCUT2D eigenvalue weighted by molar-refractivity contribution is 5.98. The van der Waals surface area contributed by atoms with Gasteiger partial charge in [0, 0.05) is 5.69 Å². The highest BCUT2D eigenvalue weighted by Gasteiger charge is 2.35. The van der Waals surface area contributed by atoms with Gasteiger partial charge in [-0.25, -0.2) is 0 Å². The molecule has 1 heterocycles. The average Bonchev–Trinajstić information content (AvgIpc) is 2.72. The quantitative estimate of drug-likeness (QED) is 0.822. The first-order valence-electron chi connectivity index (χ1n) is 6.15. The lowest BCUT2D eigenvalue weighted by Crippen LogP contribution is -2.48. The van der Waals surface area contributed by atoms with Crippen LogP contribution < -0.4 is 10.6 Å². The molecular weight excluding hydrogens is 212 g/mol. The van der Waals surface area contributed by atoms with Crippen molar-refractivity contribution < 1.29 is 4.79 Å². The van der Waals surface area contributed by atoms with Crippen LogP contribution in [0.25, 0.3) is 0 Å². The van der Waals surface area contributed by atoms with Crippen LogP contribution in [0.1, 0.15) is 30.9 Å². The molecule has 1 fully saturated rings. The Balaban J connectivity index is 2.15. The number of hydrogen-bond acceptors (Lipinski definition) is 2. The van der Waals surface area contributed by atoms with Crippen LogP contribution in [0.15, 0.2) is 18.2 Å². The van der Waals surface area contributed by atoms with Crippen molar-refractivity contribution in [3.63, 3.8) is 0 Å². The second kappa shape index (κ2) is 4.49. The lowest BCUT2D eigenvalue weighted by Gasteiger charge is -2.23. The van der Waals surface area contributed by atoms with Gasteiger partial charge in [0.25, 0.3) is 0 Å². The van der Waals surface area contributed by atoms with Crippen molar-refractivity contribution in [3.8, 4) is 0 Å². The van der Waals surface area contributed by atoms with Crippen LogP contribution in [0.4, 0.5) is 5.69 Å². The van der Waals surface area contributed by atoms with Gasteiger partial charge in [0.05, 0.1) is 5.54 Å². The first kappa shape index (κ1) is 12.1. The zero-order valence-electron chi connectivity index (χ0n) is 10.8. The van der Waals surface area contributed by atoms with Crippen molar-refractivity contribution in [1.82, 2.24) is 5.32 Å². The third kappa shape index (κ3) is 2.50. The number of benzene rings is 1. The Morgan fingerprint density at radius 2 is 2.18 bits per heavy atom. The number of carbonyl (C=O) groups excluding carboxylic acids is 1. The van der Waals surface area contributed by atoms with E-state index >= 15 is 0 Å². The van der Waals surface area contributed by atoms with Crippen LogP contribution >= 0.6 is 0 Å². The molecule has 1 unspecified atom stereocenters. The molecule has 0 aliphatic carbocycles. The number of rotatable bonds is 2. The molecule has 0 spiro atoms. The van der Waals surface area contributed by atoms with Crippen molar-refractivity contribution in [1.29, 1.82) is 0 Å². The molecule has 0 saturated carbocycles. The smallest absolute Gasteiger partial charge is 0.244 e. The van der Waals surface area contributed by atoms with E-state index in [0.717, 1.165) is 36.2 Å². The molecular formula is C14H20N2O. The molecule has 0 bridgehead atoms. The van der Waals surface area contributed by atoms with Crippen molar-refractivity contribution in [2.24, 2.45) is 0 Å². The zero-order valence-corrected chi connectivity index (χ0v) is 10.8. The molecule has 17 heavy (non-hydrogen) atoms. The normalized spacial score (nSPS) is 23.7. The van der Waals surface area contributed by atoms with E-state index in [1.54, 1.807) is 0 Å². The Hall–Kier alpha value is -1.35. The molecule has 1 saturated heterocycles. The monoisotopic (exact) mass is 232 g/mol. The van der Waals surface area contributed by atoms with Gasteiger partial charge in [-0.1, -0.05) is 12.1 Å². The minimum Gasteiger partial charge on any atom is -0.324 e. The van der Waals surface area contributed by atoms with E-state index in [2.05, 4.69) is 16.7 Å². The number of amides is 1. The molecule has 2 rings (SSSR count). The van der Waals surface area contributed by atoms with Gasteiger partial charge in [-0.15, -0.1) is 0 Å². The minimum absolute atomic E-state index is 0.0729. The van der Waals surface area contributed by atoms with Crippen LogP contribution in [-0.4, -0.2) is 18.0 Å². The van der Waals surface area contributed by atoms with Crippen LogP contribution in [0, 0.1) is 13.8 Å². The first-order valence-corrected chi connectivity index (χ1v) is 6.15. The van der Waals surface area contributed by atoms with E-state index in [9.17, 15) is 4.79 Å². The van der Waals surface area contributed by atoms with E-state index in [1.165, 1.54) is 0 Å². The third-order valence-electron chi connectivity index (χ3n) is 3.51. The van der Waals surface area contributed by atoms with Gasteiger partial charge in [0.1, 0.15) is 0 Å². The Morgan fingerprint density at radius 3 is 2.82 bits per heavy atom. The molecule has 3 heteroatoms. The fourth-order valence-electron chi connectivity index (χ4n) is 2.22. The lowest BCUT2D eigenvalue weighted by atomic mass is 9.99. The Labute approximate surface area is 103 Å². The molecule has 0 radical (unpaired) electrons. The second-order valence-electron chi connectivity index (χ2n) is 5.13. The maximum atomic E-state index is 12.2. The average molecular weight is 232 g/mol. The van der Waals surface area contributed by atoms with Crippen molar-refractivity contribution in [3.05, 3.63) is 29.3 Å². The van der Waals surface area contributed by atoms with Gasteiger partial charge < -0.3 is 10.6 Å². The molecule has 1 aliphatic rings. The summed E-state index contributed by atoms with van der Waals surface area (Å²) in [6, 6.07) is 6.11. The molecule has 1 amide bonds. The molecule has 1 aliphatic heterocycles. The Kier molecular flexibility index (Phi) is 3.20. The predicted octanol–water partition coefficient (Wildman–Crippen LogP) is 2.38. The minimum atomic E-state index is -0.407. The van der Waals surface area contributed by atoms with Gasteiger partial charge in [0.2, 0.25) is 5.91 Å². The number of anilines is 1. The van der Waals surface area contributed by atoms with Crippen molar-refractivity contribution in [2.75, 3.05) is 11.9 Å². The molecule has 1 aromatic carbocycles. The second-order valence-corrected chi connectivity index (χ2v) is 5.13. The largest absolute Gasteiger partial charge is 0.324 e. The van der Waals surface area contributed by atoms with Gasteiger partial charge in [0.15, 0.2) is 0 Å². The van der Waals surface area contributed by atoms with E-state index in [4.69, 9.17) is 0 Å². The Bertz CT molecular complexity index is 434. The highest BCUT2D eigenvalue weighted by Crippen LogP contribution is 2.22. The molecule has 92 valence electrons. The third-order valence-corrected chi connectivity index (χ3v) is 3.51. The topological polar surface area (TPSA) is 41.1 Å². The fraction of sp³-hybridized carbons (Fsp3) is 0.500. The summed E-state index contributed by atoms with van der Waals surface area (Å²) in [5.74, 6) is 0.0729. The first-order chi connectivity index (χ1) is 8.01. The number of hydrogen-bond donors (Lipinski definition) is 2. The SMILES string of the molecule is Cc1ccc(C)c(NC(=O)C2(C)CCCN2)c1. The standard InChI is InChI=1S/C14H20N2O/c1-10-5-6-11(2)12(9-10)16-13(17)14(3)7-4-8-15-14/h5-6,9,15H,4,7-8H2,1-3H3,(H,16,17). The summed E-state index contributed by atoms with van der Waals surface area (Å²) in [5.41, 5.74) is 2.78. The molecule has 3 nitrogen and oxygen atoms in total. The maximum Gasteiger partial charge on any atom is 0.244 e. The van der Waals surface area contributed by atoms with Gasteiger partial charge in [-0.05, 0) is 57.4 Å². The van der Waals surface area contributed by atoms with E-state index in [1.807, 2.05) is 32.9 Å². The lowest BCUT2D eigenvalue weighted by molar-refractivity contribution is -0.121. The highest BCUT2D eigenvalue weighted by atomic mass is 16.2. The van der Waals surface area contributed by atoms with Crippen LogP contribution in [0.2, 0.25) is 0 Å². The molecule has 1 atom stereocenters. The van der Waals surface area contributed by atoms with Gasteiger partial charge in [-0.2, -0.15) is 0 Å². The zero-order chi connectivity index (χ0) is 12.5. The van der Waals surface area contributed by atoms with Gasteiger partial charge in [-0.3, -0.25) is 4.79 Å². The van der Waals surface area contributed by atoms with E-state index < -0.39 is 5.54 Å². The van der Waals surface area contributed by atoms with Crippen LogP contribution in [0.3, 0.4) is 0 Å². The summed E-state index contributed by atoms with van der Waals surface area (Å²) in [6.45, 7) is 6.95. The number of carbonyl (C=O) groups is 1. The fourth-order valence-corrected chi connectivity index (χ4v) is 2.22. The van der Waals surface area contributed by atoms with E-state index in [-0.39, 0.29) is 5.91 Å². The summed E-state index contributed by atoms with van der Waals surface area (Å²) in [4.78, 5) is 12.2. The molecule has 2 N–H and O–H groups in total. The summed E-state index contributed by atoms with van der Waals surface area (Å²) < 4.78 is 0. The van der Waals surface area contributed by atoms with Gasteiger partial charge >= 0.3 is 0 Å². The van der Waals surface area contributed by atoms with Crippen LogP contribution in [-0.2, 0) is 4.79 Å². The summed E-state index contributed by atoms with van der Waals surface area (Å²) >= 11 is 0. The number of aryl methyl sites for hydroxylation is 2. The van der Waals surface area contributed by atoms with Crippen molar-refractivity contribution >= 4 is 11.6 Å². The predicted molar refractivity (Wildman–Crippen MR) is 70.2 cm³/mol. The van der Waals surface area contributed by atoms with E-state index in [0.29, 0.717) is 0 Å². The van der Waals surface area contributed by atoms with Crippen molar-refractivity contribution in [2.45, 2.75) is 39.2 Å². The Morgan fingerprint density at radius 1 is 1.41 bits per heavy atom. The maximum absolute atomic E-state index is 12.2. The summed E-state index contributed by atoms with van der Waals surface area (Å²) in [7, 11) is 0. The molecule has 0 aromatic heterocycles. The summed E-state index contributed by atoms with van der Waals surface area (Å²) in [5, 5.41) is 6.31.